The van der Waals surface area contributed by atoms with Gasteiger partial charge in [-0.3, -0.25) is 4.79 Å². The Kier molecular flexibility index (Phi) is 4.87. The topological polar surface area (TPSA) is 89.3 Å². The van der Waals surface area contributed by atoms with Gasteiger partial charge in [-0.25, -0.2) is 8.42 Å². The normalized spacial score (nSPS) is 12.9. The van der Waals surface area contributed by atoms with E-state index in [9.17, 15) is 13.2 Å². The average Bonchev–Trinajstić information content (AvgIpc) is 2.82. The number of aromatic nitrogens is 1. The van der Waals surface area contributed by atoms with Gasteiger partial charge in [0, 0.05) is 11.1 Å². The van der Waals surface area contributed by atoms with Crippen molar-refractivity contribution in [1.29, 1.82) is 0 Å². The van der Waals surface area contributed by atoms with E-state index in [1.165, 1.54) is 13.0 Å². The Morgan fingerprint density at radius 1 is 1.41 bits per heavy atom. The highest BCUT2D eigenvalue weighted by molar-refractivity contribution is 7.92. The van der Waals surface area contributed by atoms with Crippen LogP contribution in [-0.2, 0) is 20.4 Å². The van der Waals surface area contributed by atoms with Gasteiger partial charge in [-0.15, -0.1) is 0 Å². The Labute approximate surface area is 133 Å². The Bertz CT molecular complexity index is 786. The zero-order chi connectivity index (χ0) is 16.3. The van der Waals surface area contributed by atoms with Crippen molar-refractivity contribution in [2.45, 2.75) is 24.9 Å². The molecule has 2 aromatic rings. The summed E-state index contributed by atoms with van der Waals surface area (Å²) in [5.74, 6) is -0.215. The minimum atomic E-state index is -3.67. The Morgan fingerprint density at radius 3 is 2.73 bits per heavy atom. The number of sulfone groups is 1. The van der Waals surface area contributed by atoms with Crippen LogP contribution in [0.4, 0.5) is 5.82 Å². The molecule has 0 bridgehead atoms. The average molecular weight is 343 g/mol. The summed E-state index contributed by atoms with van der Waals surface area (Å²) in [5, 5.41) is 5.24. The molecule has 1 heterocycles. The summed E-state index contributed by atoms with van der Waals surface area (Å²) in [6.45, 7) is 3.00. The quantitative estimate of drug-likeness (QED) is 0.902. The lowest BCUT2D eigenvalue weighted by molar-refractivity contribution is -0.115. The van der Waals surface area contributed by atoms with E-state index in [0.717, 1.165) is 0 Å². The van der Waals surface area contributed by atoms with Gasteiger partial charge in [0.05, 0.1) is 5.75 Å². The Morgan fingerprint density at radius 2 is 2.14 bits per heavy atom. The maximum absolute atomic E-state index is 12.3. The van der Waals surface area contributed by atoms with E-state index in [1.807, 2.05) is 0 Å². The second-order valence-electron chi connectivity index (χ2n) is 4.89. The maximum atomic E-state index is 12.3. The first-order valence-corrected chi connectivity index (χ1v) is 8.57. The zero-order valence-corrected chi connectivity index (χ0v) is 13.6. The molecule has 0 saturated heterocycles. The van der Waals surface area contributed by atoms with E-state index >= 15 is 0 Å². The van der Waals surface area contributed by atoms with Gasteiger partial charge in [-0.05, 0) is 31.5 Å². The lowest BCUT2D eigenvalue weighted by atomic mass is 10.2. The summed E-state index contributed by atoms with van der Waals surface area (Å²) in [7, 11) is -3.67. The number of amides is 1. The summed E-state index contributed by atoms with van der Waals surface area (Å²) >= 11 is 5.83. The number of rotatable bonds is 5. The number of carbonyl (C=O) groups excluding carboxylic acids is 1. The number of benzene rings is 1. The molecule has 0 saturated carbocycles. The van der Waals surface area contributed by atoms with Crippen LogP contribution in [0.5, 0.6) is 0 Å². The Balaban J connectivity index is 2.09. The number of aryl methyl sites for hydroxylation is 1. The monoisotopic (exact) mass is 342 g/mol. The number of nitrogens with zero attached hydrogens (tertiary/aromatic N) is 1. The van der Waals surface area contributed by atoms with E-state index in [0.29, 0.717) is 16.3 Å². The second kappa shape index (κ2) is 6.50. The number of halogens is 1. The lowest BCUT2D eigenvalue weighted by Gasteiger charge is -2.12. The molecule has 2 rings (SSSR count). The summed E-state index contributed by atoms with van der Waals surface area (Å²) in [6.07, 6.45) is 0. The molecule has 118 valence electrons. The van der Waals surface area contributed by atoms with Crippen molar-refractivity contribution in [2.75, 3.05) is 5.32 Å². The van der Waals surface area contributed by atoms with Crippen molar-refractivity contribution in [1.82, 2.24) is 5.16 Å². The van der Waals surface area contributed by atoms with E-state index in [1.54, 1.807) is 31.2 Å². The fourth-order valence-electron chi connectivity index (χ4n) is 1.80. The van der Waals surface area contributed by atoms with Crippen molar-refractivity contribution < 1.29 is 17.7 Å². The van der Waals surface area contributed by atoms with Gasteiger partial charge in [-0.2, -0.15) is 0 Å². The SMILES string of the molecule is Cc1cc(NC(=O)C(C)S(=O)(=O)Cc2cccc(Cl)c2)no1. The molecule has 0 aliphatic rings. The highest BCUT2D eigenvalue weighted by atomic mass is 35.5. The third-order valence-electron chi connectivity index (χ3n) is 3.04. The number of anilines is 1. The molecule has 0 aliphatic carbocycles. The highest BCUT2D eigenvalue weighted by Gasteiger charge is 2.28. The minimum Gasteiger partial charge on any atom is -0.360 e. The van der Waals surface area contributed by atoms with E-state index < -0.39 is 21.0 Å². The molecular formula is C14H15ClN2O4S. The first-order valence-electron chi connectivity index (χ1n) is 6.48. The van der Waals surface area contributed by atoms with Crippen molar-refractivity contribution in [3.8, 4) is 0 Å². The molecule has 0 fully saturated rings. The molecule has 0 aliphatic heterocycles. The van der Waals surface area contributed by atoms with Crippen LogP contribution in [0.2, 0.25) is 5.02 Å². The van der Waals surface area contributed by atoms with Gasteiger partial charge in [0.15, 0.2) is 15.7 Å². The van der Waals surface area contributed by atoms with Crippen LogP contribution in [0.15, 0.2) is 34.9 Å². The molecule has 1 amide bonds. The van der Waals surface area contributed by atoms with Gasteiger partial charge in [0.2, 0.25) is 5.91 Å². The van der Waals surface area contributed by atoms with Crippen LogP contribution in [0, 0.1) is 6.92 Å². The molecule has 0 radical (unpaired) electrons. The van der Waals surface area contributed by atoms with Crippen LogP contribution in [0.1, 0.15) is 18.2 Å². The van der Waals surface area contributed by atoms with Gasteiger partial charge in [0.25, 0.3) is 0 Å². The predicted octanol–water partition coefficient (Wildman–Crippen LogP) is 2.58. The van der Waals surface area contributed by atoms with Gasteiger partial charge < -0.3 is 9.84 Å². The molecule has 1 atom stereocenters. The predicted molar refractivity (Wildman–Crippen MR) is 83.4 cm³/mol. The number of nitrogens with one attached hydrogen (secondary N) is 1. The zero-order valence-electron chi connectivity index (χ0n) is 12.0. The first-order chi connectivity index (χ1) is 10.3. The maximum Gasteiger partial charge on any atom is 0.243 e. The van der Waals surface area contributed by atoms with Crippen molar-refractivity contribution in [2.24, 2.45) is 0 Å². The van der Waals surface area contributed by atoms with Crippen molar-refractivity contribution in [3.05, 3.63) is 46.7 Å². The van der Waals surface area contributed by atoms with E-state index in [-0.39, 0.29) is 11.6 Å². The third-order valence-corrected chi connectivity index (χ3v) is 5.31. The lowest BCUT2D eigenvalue weighted by Crippen LogP contribution is -2.33. The van der Waals surface area contributed by atoms with Crippen LogP contribution in [0.3, 0.4) is 0 Å². The number of hydrogen-bond acceptors (Lipinski definition) is 5. The largest absolute Gasteiger partial charge is 0.360 e. The van der Waals surface area contributed by atoms with Gasteiger partial charge in [0.1, 0.15) is 11.0 Å². The smallest absolute Gasteiger partial charge is 0.243 e. The second-order valence-corrected chi connectivity index (χ2v) is 7.65. The number of carbonyl (C=O) groups is 1. The van der Waals surface area contributed by atoms with Crippen molar-refractivity contribution in [3.63, 3.8) is 0 Å². The first kappa shape index (κ1) is 16.5. The fraction of sp³-hybridized carbons (Fsp3) is 0.286. The van der Waals surface area contributed by atoms with E-state index in [2.05, 4.69) is 10.5 Å². The standard InChI is InChI=1S/C14H15ClN2O4S/c1-9-6-13(17-21-9)16-14(18)10(2)22(19,20)8-11-4-3-5-12(15)7-11/h3-7,10H,8H2,1-2H3,(H,16,17,18). The van der Waals surface area contributed by atoms with Crippen molar-refractivity contribution >= 4 is 33.2 Å². The minimum absolute atomic E-state index is 0.187. The van der Waals surface area contributed by atoms with Crippen LogP contribution in [0.25, 0.3) is 0 Å². The molecular weight excluding hydrogens is 328 g/mol. The Hall–Kier alpha value is -1.86. The summed E-state index contributed by atoms with van der Waals surface area (Å²) in [6, 6.07) is 8.03. The van der Waals surface area contributed by atoms with Gasteiger partial charge in [-0.1, -0.05) is 28.9 Å². The van der Waals surface area contributed by atoms with Crippen LogP contribution < -0.4 is 5.32 Å². The molecule has 22 heavy (non-hydrogen) atoms. The molecule has 0 spiro atoms. The van der Waals surface area contributed by atoms with Crippen LogP contribution >= 0.6 is 11.6 Å². The molecule has 8 heteroatoms. The van der Waals surface area contributed by atoms with Gasteiger partial charge >= 0.3 is 0 Å². The summed E-state index contributed by atoms with van der Waals surface area (Å²) < 4.78 is 29.4. The molecule has 1 aromatic heterocycles. The summed E-state index contributed by atoms with van der Waals surface area (Å²) in [5.41, 5.74) is 0.532. The highest BCUT2D eigenvalue weighted by Crippen LogP contribution is 2.17. The molecule has 1 N–H and O–H groups in total. The molecule has 6 nitrogen and oxygen atoms in total. The molecule has 1 unspecified atom stereocenters. The fourth-order valence-corrected chi connectivity index (χ4v) is 3.29. The van der Waals surface area contributed by atoms with Crippen LogP contribution in [-0.4, -0.2) is 24.7 Å². The van der Waals surface area contributed by atoms with E-state index in [4.69, 9.17) is 16.1 Å². The molecule has 1 aromatic carbocycles. The summed E-state index contributed by atoms with van der Waals surface area (Å²) in [4.78, 5) is 12.0. The third kappa shape index (κ3) is 4.08. The number of hydrogen-bond donors (Lipinski definition) is 1.